The summed E-state index contributed by atoms with van der Waals surface area (Å²) in [4.78, 5) is 12.8. The van der Waals surface area contributed by atoms with Crippen LogP contribution < -0.4 is 14.8 Å². The molecule has 0 saturated carbocycles. The van der Waals surface area contributed by atoms with E-state index < -0.39 is 5.91 Å². The summed E-state index contributed by atoms with van der Waals surface area (Å²) in [5.41, 5.74) is 2.90. The number of anilines is 1. The molecule has 0 heterocycles. The van der Waals surface area contributed by atoms with Gasteiger partial charge < -0.3 is 14.8 Å². The van der Waals surface area contributed by atoms with Crippen molar-refractivity contribution in [3.8, 4) is 17.6 Å². The Morgan fingerprint density at radius 3 is 2.58 bits per heavy atom. The molecule has 0 spiro atoms. The Morgan fingerprint density at radius 2 is 1.88 bits per heavy atom. The molecule has 0 aliphatic carbocycles. The molecule has 1 amide bonds. The third-order valence-corrected chi connectivity index (χ3v) is 5.52. The number of carbonyl (C=O) groups is 1. The molecule has 0 aliphatic heterocycles. The third-order valence-electron chi connectivity index (χ3n) is 4.93. The number of hydrogen-bond donors (Lipinski definition) is 1. The zero-order chi connectivity index (χ0) is 23.8. The quantitative estimate of drug-likeness (QED) is 0.288. The highest BCUT2D eigenvalue weighted by Gasteiger charge is 2.14. The topological polar surface area (TPSA) is 71.4 Å². The molecule has 0 bridgehead atoms. The van der Waals surface area contributed by atoms with E-state index in [2.05, 4.69) is 5.32 Å². The third kappa shape index (κ3) is 6.29. The SMILES string of the molecule is CCc1ccccc1NC(=O)/C(C#N)=C/c1ccc(OC)cc1OCc1ccc(Cl)cc1Cl. The second-order valence-corrected chi connectivity index (χ2v) is 7.91. The fraction of sp³-hybridized carbons (Fsp3) is 0.154. The van der Waals surface area contributed by atoms with Gasteiger partial charge in [-0.15, -0.1) is 0 Å². The van der Waals surface area contributed by atoms with Gasteiger partial charge in [-0.1, -0.05) is 54.4 Å². The van der Waals surface area contributed by atoms with Gasteiger partial charge in [0.1, 0.15) is 29.7 Å². The van der Waals surface area contributed by atoms with Gasteiger partial charge in [-0.3, -0.25) is 4.79 Å². The van der Waals surface area contributed by atoms with Gasteiger partial charge in [0.15, 0.2) is 0 Å². The van der Waals surface area contributed by atoms with Crippen molar-refractivity contribution in [3.63, 3.8) is 0 Å². The van der Waals surface area contributed by atoms with E-state index in [1.165, 1.54) is 6.08 Å². The Balaban J connectivity index is 1.88. The average Bonchev–Trinajstić information content (AvgIpc) is 2.82. The van der Waals surface area contributed by atoms with E-state index in [1.54, 1.807) is 43.5 Å². The van der Waals surface area contributed by atoms with Gasteiger partial charge in [0.05, 0.1) is 7.11 Å². The van der Waals surface area contributed by atoms with Crippen LogP contribution >= 0.6 is 23.2 Å². The number of rotatable bonds is 8. The molecule has 3 aromatic rings. The zero-order valence-corrected chi connectivity index (χ0v) is 19.7. The number of ether oxygens (including phenoxy) is 2. The van der Waals surface area contributed by atoms with E-state index in [9.17, 15) is 10.1 Å². The van der Waals surface area contributed by atoms with Gasteiger partial charge in [0, 0.05) is 32.9 Å². The lowest BCUT2D eigenvalue weighted by molar-refractivity contribution is -0.112. The highest BCUT2D eigenvalue weighted by Crippen LogP contribution is 2.29. The molecule has 0 atom stereocenters. The largest absolute Gasteiger partial charge is 0.497 e. The molecule has 0 saturated heterocycles. The average molecular weight is 481 g/mol. The minimum absolute atomic E-state index is 0.0551. The van der Waals surface area contributed by atoms with Gasteiger partial charge in [0.2, 0.25) is 0 Å². The van der Waals surface area contributed by atoms with Crippen LogP contribution in [0.15, 0.2) is 66.2 Å². The van der Waals surface area contributed by atoms with Gasteiger partial charge in [-0.05, 0) is 48.4 Å². The van der Waals surface area contributed by atoms with Crippen LogP contribution in [0, 0.1) is 11.3 Å². The van der Waals surface area contributed by atoms with Crippen LogP contribution in [0.5, 0.6) is 11.5 Å². The van der Waals surface area contributed by atoms with Crippen LogP contribution in [-0.2, 0) is 17.8 Å². The number of benzene rings is 3. The predicted octanol–water partition coefficient (Wildman–Crippen LogP) is 6.69. The van der Waals surface area contributed by atoms with Crippen LogP contribution in [0.1, 0.15) is 23.6 Å². The minimum atomic E-state index is -0.499. The number of nitrogens with one attached hydrogen (secondary N) is 1. The van der Waals surface area contributed by atoms with E-state index in [0.29, 0.717) is 32.8 Å². The maximum absolute atomic E-state index is 12.8. The summed E-state index contributed by atoms with van der Waals surface area (Å²) in [6.07, 6.45) is 2.24. The number of para-hydroxylation sites is 1. The first-order chi connectivity index (χ1) is 15.9. The summed E-state index contributed by atoms with van der Waals surface area (Å²) in [5, 5.41) is 13.5. The molecule has 0 unspecified atom stereocenters. The summed E-state index contributed by atoms with van der Waals surface area (Å²) in [6, 6.07) is 19.8. The Labute approximate surface area is 203 Å². The zero-order valence-electron chi connectivity index (χ0n) is 18.2. The molecule has 168 valence electrons. The molecule has 7 heteroatoms. The fourth-order valence-corrected chi connectivity index (χ4v) is 3.59. The van der Waals surface area contributed by atoms with Crippen LogP contribution in [0.2, 0.25) is 10.0 Å². The Kier molecular flexibility index (Phi) is 8.37. The van der Waals surface area contributed by atoms with Crippen molar-refractivity contribution in [2.45, 2.75) is 20.0 Å². The van der Waals surface area contributed by atoms with E-state index in [1.807, 2.05) is 37.3 Å². The lowest BCUT2D eigenvalue weighted by Crippen LogP contribution is -2.14. The number of amides is 1. The maximum atomic E-state index is 12.8. The van der Waals surface area contributed by atoms with Crippen LogP contribution in [0.3, 0.4) is 0 Å². The summed E-state index contributed by atoms with van der Waals surface area (Å²) in [5.74, 6) is 0.514. The molecule has 5 nitrogen and oxygen atoms in total. The second kappa shape index (κ2) is 11.4. The van der Waals surface area contributed by atoms with Crippen molar-refractivity contribution in [1.29, 1.82) is 5.26 Å². The first-order valence-electron chi connectivity index (χ1n) is 10.2. The van der Waals surface area contributed by atoms with E-state index in [4.69, 9.17) is 32.7 Å². The molecule has 0 aromatic heterocycles. The number of carbonyl (C=O) groups excluding carboxylic acids is 1. The first kappa shape index (κ1) is 24.2. The van der Waals surface area contributed by atoms with E-state index in [0.717, 1.165) is 17.5 Å². The standard InChI is InChI=1S/C26H22Cl2N2O3/c1-3-17-6-4-5-7-24(17)30-26(31)20(15-29)12-18-9-11-22(32-2)14-25(18)33-16-19-8-10-21(27)13-23(19)28/h4-14H,3,16H2,1-2H3,(H,30,31)/b20-12+. The number of halogens is 2. The van der Waals surface area contributed by atoms with Gasteiger partial charge in [-0.2, -0.15) is 5.26 Å². The van der Waals surface area contributed by atoms with Crippen LogP contribution in [0.4, 0.5) is 5.69 Å². The Morgan fingerprint density at radius 1 is 1.09 bits per heavy atom. The molecule has 3 aromatic carbocycles. The molecule has 1 N–H and O–H groups in total. The molecule has 33 heavy (non-hydrogen) atoms. The first-order valence-corrected chi connectivity index (χ1v) is 11.0. The Hall–Kier alpha value is -3.46. The van der Waals surface area contributed by atoms with Gasteiger partial charge in [0.25, 0.3) is 5.91 Å². The highest BCUT2D eigenvalue weighted by molar-refractivity contribution is 6.35. The maximum Gasteiger partial charge on any atom is 0.266 e. The molecular formula is C26H22Cl2N2O3. The van der Waals surface area contributed by atoms with Crippen molar-refractivity contribution >= 4 is 40.9 Å². The Bertz CT molecular complexity index is 1230. The number of hydrogen-bond acceptors (Lipinski definition) is 4. The second-order valence-electron chi connectivity index (χ2n) is 7.06. The van der Waals surface area contributed by atoms with Crippen molar-refractivity contribution < 1.29 is 14.3 Å². The number of aryl methyl sites for hydroxylation is 1. The number of nitrogens with zero attached hydrogens (tertiary/aromatic N) is 1. The summed E-state index contributed by atoms with van der Waals surface area (Å²) in [7, 11) is 1.55. The van der Waals surface area contributed by atoms with Crippen molar-refractivity contribution in [2.75, 3.05) is 12.4 Å². The molecular weight excluding hydrogens is 459 g/mol. The van der Waals surface area contributed by atoms with E-state index >= 15 is 0 Å². The minimum Gasteiger partial charge on any atom is -0.497 e. The number of methoxy groups -OCH3 is 1. The normalized spacial score (nSPS) is 10.9. The van der Waals surface area contributed by atoms with Gasteiger partial charge >= 0.3 is 0 Å². The monoisotopic (exact) mass is 480 g/mol. The highest BCUT2D eigenvalue weighted by atomic mass is 35.5. The van der Waals surface area contributed by atoms with Crippen LogP contribution in [0.25, 0.3) is 6.08 Å². The smallest absolute Gasteiger partial charge is 0.266 e. The lowest BCUT2D eigenvalue weighted by Gasteiger charge is -2.13. The summed E-state index contributed by atoms with van der Waals surface area (Å²) in [6.45, 7) is 2.17. The van der Waals surface area contributed by atoms with E-state index in [-0.39, 0.29) is 12.2 Å². The lowest BCUT2D eigenvalue weighted by atomic mass is 10.1. The number of nitriles is 1. The van der Waals surface area contributed by atoms with Crippen LogP contribution in [-0.4, -0.2) is 13.0 Å². The summed E-state index contributed by atoms with van der Waals surface area (Å²) < 4.78 is 11.3. The van der Waals surface area contributed by atoms with Gasteiger partial charge in [-0.25, -0.2) is 0 Å². The van der Waals surface area contributed by atoms with Crippen molar-refractivity contribution in [2.24, 2.45) is 0 Å². The molecule has 0 fully saturated rings. The van der Waals surface area contributed by atoms with Crippen molar-refractivity contribution in [3.05, 3.63) is 93.0 Å². The molecule has 0 radical (unpaired) electrons. The fourth-order valence-electron chi connectivity index (χ4n) is 3.12. The predicted molar refractivity (Wildman–Crippen MR) is 132 cm³/mol. The molecule has 0 aliphatic rings. The molecule has 3 rings (SSSR count). The van der Waals surface area contributed by atoms with Crippen molar-refractivity contribution in [1.82, 2.24) is 0 Å². The summed E-state index contributed by atoms with van der Waals surface area (Å²) >= 11 is 12.2.